The predicted octanol–water partition coefficient (Wildman–Crippen LogP) is -0.0320. The number of aliphatic hydroxyl groups excluding tert-OH is 1. The average molecular weight is 1080 g/mol. The van der Waals surface area contributed by atoms with Gasteiger partial charge < -0.3 is 56.3 Å². The summed E-state index contributed by atoms with van der Waals surface area (Å²) < 4.78 is 11.9. The molecular formula is C52H86N8O16. The number of carbonyl (C=O) groups is 11. The summed E-state index contributed by atoms with van der Waals surface area (Å²) in [6.07, 6.45) is -1.76. The minimum atomic E-state index is -1.86. The van der Waals surface area contributed by atoms with Crippen LogP contribution in [0.4, 0.5) is 0 Å². The third-order valence-corrected chi connectivity index (χ3v) is 14.7. The van der Waals surface area contributed by atoms with Crippen molar-refractivity contribution in [2.75, 3.05) is 55.0 Å². The van der Waals surface area contributed by atoms with Crippen LogP contribution >= 0.6 is 0 Å². The van der Waals surface area contributed by atoms with E-state index in [1.807, 2.05) is 60.5 Å². The lowest BCUT2D eigenvalue weighted by atomic mass is 9.83. The molecule has 1 saturated heterocycles. The molecule has 430 valence electrons. The Bertz CT molecular complexity index is 2070. The van der Waals surface area contributed by atoms with Crippen molar-refractivity contribution in [3.8, 4) is 0 Å². The zero-order chi connectivity index (χ0) is 58.0. The maximum absolute atomic E-state index is 14.4. The molecule has 2 heterocycles. The molecule has 8 N–H and O–H groups in total. The maximum atomic E-state index is 14.4. The summed E-state index contributed by atoms with van der Waals surface area (Å²) in [4.78, 5) is 151. The van der Waals surface area contributed by atoms with E-state index in [9.17, 15) is 68.1 Å². The molecule has 0 radical (unpaired) electrons. The first-order chi connectivity index (χ1) is 35.5. The number of carbonyl (C=O) groups excluding carboxylic acids is 9. The number of aliphatic hydroxyl groups is 1. The van der Waals surface area contributed by atoms with Gasteiger partial charge in [0.1, 0.15) is 18.1 Å². The van der Waals surface area contributed by atoms with E-state index in [1.54, 1.807) is 16.8 Å². The molecule has 2 rings (SSSR count). The highest BCUT2D eigenvalue weighted by Gasteiger charge is 2.44. The zero-order valence-corrected chi connectivity index (χ0v) is 46.6. The van der Waals surface area contributed by atoms with E-state index in [0.29, 0.717) is 30.7 Å². The number of hydrogen-bond donors (Lipinski definition) is 7. The van der Waals surface area contributed by atoms with Crippen LogP contribution in [0.2, 0.25) is 0 Å². The van der Waals surface area contributed by atoms with E-state index in [2.05, 4.69) is 16.0 Å². The van der Waals surface area contributed by atoms with Gasteiger partial charge in [0.15, 0.2) is 11.6 Å². The van der Waals surface area contributed by atoms with Crippen LogP contribution in [0, 0.1) is 35.5 Å². The Kier molecular flexibility index (Phi) is 27.0. The van der Waals surface area contributed by atoms with Crippen molar-refractivity contribution in [3.63, 3.8) is 0 Å². The first kappa shape index (κ1) is 66.4. The van der Waals surface area contributed by atoms with E-state index in [0.717, 1.165) is 12.2 Å². The number of carboxylic acids is 2. The molecule has 13 atom stereocenters. The molecular weight excluding hydrogens is 993 g/mol. The normalized spacial score (nSPS) is 19.5. The van der Waals surface area contributed by atoms with Gasteiger partial charge in [-0.3, -0.25) is 57.7 Å². The Morgan fingerprint density at radius 1 is 0.816 bits per heavy atom. The molecule has 24 heteroatoms. The van der Waals surface area contributed by atoms with Crippen LogP contribution in [0.1, 0.15) is 107 Å². The number of Topliss-reactive ketones (excluding diaryl/α,β-unsaturated/α-hetero) is 2. The molecule has 76 heavy (non-hydrogen) atoms. The Morgan fingerprint density at radius 2 is 1.42 bits per heavy atom. The number of likely N-dealkylation sites (N-methyl/N-ethyl adjacent to an activating group) is 2. The minimum Gasteiger partial charge on any atom is -0.481 e. The number of nitrogens with one attached hydrogen (secondary N) is 3. The zero-order valence-electron chi connectivity index (χ0n) is 46.6. The van der Waals surface area contributed by atoms with Crippen LogP contribution < -0.4 is 21.7 Å². The van der Waals surface area contributed by atoms with E-state index < -0.39 is 146 Å². The molecule has 2 aliphatic heterocycles. The van der Waals surface area contributed by atoms with Crippen LogP contribution in [-0.2, 0) is 62.2 Å². The highest BCUT2D eigenvalue weighted by atomic mass is 16.5. The fourth-order valence-electron chi connectivity index (χ4n) is 10.4. The number of aliphatic carboxylic acids is 2. The summed E-state index contributed by atoms with van der Waals surface area (Å²) in [5.41, 5.74) is 5.63. The van der Waals surface area contributed by atoms with Gasteiger partial charge in [0.05, 0.1) is 48.8 Å². The molecule has 0 bridgehead atoms. The van der Waals surface area contributed by atoms with Crippen LogP contribution in [0.5, 0.6) is 0 Å². The highest BCUT2D eigenvalue weighted by molar-refractivity contribution is 6.15. The number of rotatable bonds is 34. The quantitative estimate of drug-likeness (QED) is 0.0416. The number of carboxylic acid groups (broad SMARTS) is 2. The molecule has 0 unspecified atom stereocenters. The monoisotopic (exact) mass is 1080 g/mol. The second kappa shape index (κ2) is 30.9. The fourth-order valence-corrected chi connectivity index (χ4v) is 10.4. The number of imide groups is 1. The van der Waals surface area contributed by atoms with E-state index >= 15 is 0 Å². The van der Waals surface area contributed by atoms with Crippen molar-refractivity contribution in [1.82, 2.24) is 35.6 Å². The predicted molar refractivity (Wildman–Crippen MR) is 276 cm³/mol. The van der Waals surface area contributed by atoms with Crippen molar-refractivity contribution >= 4 is 64.9 Å². The number of methoxy groups -OCH3 is 2. The lowest BCUT2D eigenvalue weighted by Gasteiger charge is -2.41. The molecule has 2 aliphatic rings. The van der Waals surface area contributed by atoms with Crippen molar-refractivity contribution in [2.24, 2.45) is 41.2 Å². The number of ketones is 2. The van der Waals surface area contributed by atoms with Gasteiger partial charge in [-0.25, -0.2) is 4.79 Å². The molecule has 0 aromatic heterocycles. The van der Waals surface area contributed by atoms with Gasteiger partial charge in [0, 0.05) is 84.2 Å². The first-order valence-corrected chi connectivity index (χ1v) is 26.1. The van der Waals surface area contributed by atoms with E-state index in [-0.39, 0.29) is 54.2 Å². The average Bonchev–Trinajstić information content (AvgIpc) is 3.96. The summed E-state index contributed by atoms with van der Waals surface area (Å²) in [6, 6.07) is -6.59. The smallest absolute Gasteiger partial charge is 0.328 e. The topological polar surface area (TPSA) is 342 Å². The van der Waals surface area contributed by atoms with Gasteiger partial charge in [-0.15, -0.1) is 0 Å². The number of ether oxygens (including phenoxy) is 2. The highest BCUT2D eigenvalue weighted by Crippen LogP contribution is 2.31. The van der Waals surface area contributed by atoms with Gasteiger partial charge in [-0.05, 0) is 58.0 Å². The maximum Gasteiger partial charge on any atom is 0.328 e. The van der Waals surface area contributed by atoms with Crippen molar-refractivity contribution in [3.05, 3.63) is 12.2 Å². The molecule has 24 nitrogen and oxygen atoms in total. The van der Waals surface area contributed by atoms with Crippen LogP contribution in [0.3, 0.4) is 0 Å². The van der Waals surface area contributed by atoms with E-state index in [1.165, 1.54) is 28.1 Å². The summed E-state index contributed by atoms with van der Waals surface area (Å²) in [7, 11) is 8.21. The molecule has 0 aliphatic carbocycles. The van der Waals surface area contributed by atoms with Crippen molar-refractivity contribution in [2.45, 2.75) is 161 Å². The fraction of sp³-hybridized carbons (Fsp3) is 0.750. The standard InChI is InChI=1S/C52H86N8O16/c1-14-29(6)46(58(11)51(72)33(27(2)3)23-38(63)45(28(4)5)57(9)10)39(75-12)24-42(66)59-21-15-16-35(59)47(76-13)30(7)48(69)56-44(31(8)61)37(62)22-32(17-20-43(67)68)49(70)55-34(52(73)74)26-54-50(71)36(25-53)60-40(64)18-19-41(60)65/h18-19,27-36,39,44-47,61H,14-17,20-26,53H2,1-13H3,(H,54,71)(H,55,70)(H,56,69)(H,67,68)(H,73,74)/t29-,30+,31+,32+,33-,34-,35-,36-,39+,44-,45-,46-,47+/m0/s1. The molecule has 0 saturated carbocycles. The van der Waals surface area contributed by atoms with Crippen molar-refractivity contribution < 1.29 is 77.5 Å². The number of hydrogen-bond acceptors (Lipinski definition) is 16. The Hall–Kier alpha value is -5.69. The molecule has 0 spiro atoms. The summed E-state index contributed by atoms with van der Waals surface area (Å²) >= 11 is 0. The Morgan fingerprint density at radius 3 is 1.89 bits per heavy atom. The molecule has 0 aromatic carbocycles. The second-order valence-corrected chi connectivity index (χ2v) is 21.1. The first-order valence-electron chi connectivity index (χ1n) is 26.1. The van der Waals surface area contributed by atoms with Crippen LogP contribution in [0.15, 0.2) is 12.2 Å². The number of nitrogens with zero attached hydrogens (tertiary/aromatic N) is 4. The Balaban J connectivity index is 2.30. The second-order valence-electron chi connectivity index (χ2n) is 21.1. The number of amides is 7. The van der Waals surface area contributed by atoms with Crippen LogP contribution in [0.25, 0.3) is 0 Å². The molecule has 1 fully saturated rings. The van der Waals surface area contributed by atoms with Crippen molar-refractivity contribution in [1.29, 1.82) is 0 Å². The largest absolute Gasteiger partial charge is 0.481 e. The van der Waals surface area contributed by atoms with Gasteiger partial charge >= 0.3 is 11.9 Å². The summed E-state index contributed by atoms with van der Waals surface area (Å²) in [5, 5.41) is 37.1. The minimum absolute atomic E-state index is 0.0293. The third kappa shape index (κ3) is 17.9. The van der Waals surface area contributed by atoms with Gasteiger partial charge in [0.25, 0.3) is 11.8 Å². The van der Waals surface area contributed by atoms with Crippen LogP contribution in [-0.4, -0.2) is 209 Å². The summed E-state index contributed by atoms with van der Waals surface area (Å²) in [5.74, 6) is -12.5. The molecule has 7 amide bonds. The third-order valence-electron chi connectivity index (χ3n) is 14.7. The van der Waals surface area contributed by atoms with Gasteiger partial charge in [-0.2, -0.15) is 0 Å². The van der Waals surface area contributed by atoms with Gasteiger partial charge in [-0.1, -0.05) is 54.9 Å². The number of likely N-dealkylation sites (tertiary alicyclic amines) is 1. The molecule has 0 aromatic rings. The Labute approximate surface area is 446 Å². The van der Waals surface area contributed by atoms with Gasteiger partial charge in [0.2, 0.25) is 29.5 Å². The summed E-state index contributed by atoms with van der Waals surface area (Å²) in [6.45, 7) is 13.4. The lowest BCUT2D eigenvalue weighted by molar-refractivity contribution is -0.149. The lowest BCUT2D eigenvalue weighted by Crippen LogP contribution is -2.57. The van der Waals surface area contributed by atoms with E-state index in [4.69, 9.17) is 15.2 Å². The SMILES string of the molecule is CC[C@H](C)[C@@H]([C@@H](CC(=O)N1CCC[C@H]1[C@H](OC)[C@@H](C)C(=O)N[C@H](C(=O)C[C@@H](CCC(=O)O)C(=O)N[C@@H](CNC(=O)[C@H](CN)N1C(=O)C=CC1=O)C(=O)O)[C@@H](C)O)OC)N(C)C(=O)[C@@H](CC(=O)[C@H](C(C)C)N(C)C)C(C)C. The number of nitrogens with two attached hydrogens (primary N) is 1.